The zero-order valence-electron chi connectivity index (χ0n) is 17.5. The summed E-state index contributed by atoms with van der Waals surface area (Å²) in [5.74, 6) is -6.89. The summed E-state index contributed by atoms with van der Waals surface area (Å²) in [6.07, 6.45) is -1.55. The molecule has 1 aliphatic carbocycles. The molecule has 2 atom stereocenters. The van der Waals surface area contributed by atoms with Gasteiger partial charge in [-0.1, -0.05) is 18.2 Å². The minimum Gasteiger partial charge on any atom is -0.374 e. The lowest BCUT2D eigenvalue weighted by Gasteiger charge is -2.31. The molecule has 0 aromatic heterocycles. The fourth-order valence-electron chi connectivity index (χ4n) is 4.80. The molecule has 7 nitrogen and oxygen atoms in total. The lowest BCUT2D eigenvalue weighted by Crippen LogP contribution is -2.51. The zero-order valence-corrected chi connectivity index (χ0v) is 17.5. The molecule has 3 aliphatic rings. The van der Waals surface area contributed by atoms with Crippen molar-refractivity contribution >= 4 is 17.7 Å². The number of amides is 3. The first kappa shape index (κ1) is 22.7. The number of carbonyl (C=O) groups excluding carboxylic acids is 3. The first-order valence-electron chi connectivity index (χ1n) is 10.9. The van der Waals surface area contributed by atoms with Gasteiger partial charge in [-0.3, -0.25) is 24.6 Å². The monoisotopic (exact) mass is 453 g/mol. The van der Waals surface area contributed by atoms with Gasteiger partial charge < -0.3 is 10.4 Å². The van der Waals surface area contributed by atoms with Gasteiger partial charge in [0.15, 0.2) is 0 Å². The van der Waals surface area contributed by atoms with E-state index in [9.17, 15) is 32.7 Å². The van der Waals surface area contributed by atoms with Gasteiger partial charge in [-0.2, -0.15) is 8.78 Å². The lowest BCUT2D eigenvalue weighted by atomic mass is 9.83. The SMILES string of the molecule is O=C1CCC(N2Cc3cc(CNC(=O)C(F)(F)C4CCC(F)CC4)ccc3C2O)C(=O)N1. The van der Waals surface area contributed by atoms with E-state index in [1.165, 1.54) is 0 Å². The summed E-state index contributed by atoms with van der Waals surface area (Å²) >= 11 is 0. The van der Waals surface area contributed by atoms with Crippen LogP contribution in [0.4, 0.5) is 13.2 Å². The first-order chi connectivity index (χ1) is 15.2. The van der Waals surface area contributed by atoms with Crippen molar-refractivity contribution in [2.24, 2.45) is 5.92 Å². The van der Waals surface area contributed by atoms with Crippen molar-refractivity contribution in [1.82, 2.24) is 15.5 Å². The molecule has 174 valence electrons. The molecule has 1 saturated carbocycles. The van der Waals surface area contributed by atoms with Crippen LogP contribution in [0.5, 0.6) is 0 Å². The fourth-order valence-corrected chi connectivity index (χ4v) is 4.80. The summed E-state index contributed by atoms with van der Waals surface area (Å²) in [5.41, 5.74) is 1.90. The summed E-state index contributed by atoms with van der Waals surface area (Å²) in [6.45, 7) is 0.141. The van der Waals surface area contributed by atoms with Crippen molar-refractivity contribution in [3.63, 3.8) is 0 Å². The average Bonchev–Trinajstić information content (AvgIpc) is 3.08. The molecule has 3 amide bonds. The summed E-state index contributed by atoms with van der Waals surface area (Å²) < 4.78 is 42.2. The molecule has 32 heavy (non-hydrogen) atoms. The van der Waals surface area contributed by atoms with Gasteiger partial charge in [0.2, 0.25) is 11.8 Å². The van der Waals surface area contributed by atoms with Crippen molar-refractivity contribution in [3.8, 4) is 0 Å². The quantitative estimate of drug-likeness (QED) is 0.593. The molecule has 0 radical (unpaired) electrons. The van der Waals surface area contributed by atoms with Crippen molar-refractivity contribution < 1.29 is 32.7 Å². The highest BCUT2D eigenvalue weighted by atomic mass is 19.3. The number of halogens is 3. The van der Waals surface area contributed by atoms with Crippen LogP contribution in [-0.2, 0) is 27.5 Å². The number of piperidine rings is 1. The maximum atomic E-state index is 14.5. The van der Waals surface area contributed by atoms with E-state index in [1.54, 1.807) is 23.1 Å². The summed E-state index contributed by atoms with van der Waals surface area (Å²) in [6, 6.07) is 4.34. The minimum absolute atomic E-state index is 0.0193. The number of aliphatic hydroxyl groups excluding tert-OH is 1. The van der Waals surface area contributed by atoms with Crippen LogP contribution in [0.3, 0.4) is 0 Å². The summed E-state index contributed by atoms with van der Waals surface area (Å²) in [4.78, 5) is 37.3. The Morgan fingerprint density at radius 3 is 2.59 bits per heavy atom. The van der Waals surface area contributed by atoms with Crippen molar-refractivity contribution in [2.45, 2.75) is 76.0 Å². The third kappa shape index (κ3) is 4.38. The van der Waals surface area contributed by atoms with Crippen LogP contribution < -0.4 is 10.6 Å². The molecular weight excluding hydrogens is 427 g/mol. The van der Waals surface area contributed by atoms with E-state index in [0.29, 0.717) is 17.5 Å². The predicted octanol–water partition coefficient (Wildman–Crippen LogP) is 2.08. The van der Waals surface area contributed by atoms with Crippen LogP contribution in [0, 0.1) is 5.92 Å². The number of benzene rings is 1. The van der Waals surface area contributed by atoms with Crippen LogP contribution in [-0.4, -0.2) is 45.9 Å². The van der Waals surface area contributed by atoms with E-state index >= 15 is 0 Å². The Bertz CT molecular complexity index is 918. The van der Waals surface area contributed by atoms with E-state index < -0.39 is 42.1 Å². The number of alkyl halides is 3. The number of hydrogen-bond donors (Lipinski definition) is 3. The molecule has 2 heterocycles. The molecule has 0 spiro atoms. The largest absolute Gasteiger partial charge is 0.374 e. The Morgan fingerprint density at radius 1 is 1.19 bits per heavy atom. The molecule has 10 heteroatoms. The van der Waals surface area contributed by atoms with Gasteiger partial charge in [0, 0.05) is 25.4 Å². The zero-order chi connectivity index (χ0) is 23.0. The van der Waals surface area contributed by atoms with Crippen molar-refractivity contribution in [1.29, 1.82) is 0 Å². The van der Waals surface area contributed by atoms with Crippen LogP contribution in [0.1, 0.15) is 61.4 Å². The van der Waals surface area contributed by atoms with Gasteiger partial charge in [-0.15, -0.1) is 0 Å². The summed E-state index contributed by atoms with van der Waals surface area (Å²) in [7, 11) is 0. The van der Waals surface area contributed by atoms with E-state index in [4.69, 9.17) is 0 Å². The van der Waals surface area contributed by atoms with Gasteiger partial charge in [0.05, 0.1) is 6.04 Å². The van der Waals surface area contributed by atoms with Gasteiger partial charge in [-0.05, 0) is 48.8 Å². The number of imide groups is 1. The highest BCUT2D eigenvalue weighted by molar-refractivity contribution is 6.00. The second-order valence-electron chi connectivity index (χ2n) is 8.80. The number of fused-ring (bicyclic) bond motifs is 1. The van der Waals surface area contributed by atoms with Crippen LogP contribution >= 0.6 is 0 Å². The topological polar surface area (TPSA) is 98.7 Å². The van der Waals surface area contributed by atoms with Gasteiger partial charge in [-0.25, -0.2) is 4.39 Å². The second-order valence-corrected chi connectivity index (χ2v) is 8.80. The number of aliphatic hydroxyl groups is 1. The van der Waals surface area contributed by atoms with Crippen LogP contribution in [0.2, 0.25) is 0 Å². The number of carbonyl (C=O) groups is 3. The lowest BCUT2D eigenvalue weighted by molar-refractivity contribution is -0.157. The molecule has 2 fully saturated rings. The molecule has 1 aromatic rings. The maximum Gasteiger partial charge on any atom is 0.327 e. The van der Waals surface area contributed by atoms with E-state index in [1.807, 2.05) is 0 Å². The van der Waals surface area contributed by atoms with Crippen LogP contribution in [0.15, 0.2) is 18.2 Å². The van der Waals surface area contributed by atoms with Crippen molar-refractivity contribution in [3.05, 3.63) is 34.9 Å². The number of rotatable bonds is 5. The van der Waals surface area contributed by atoms with Crippen LogP contribution in [0.25, 0.3) is 0 Å². The maximum absolute atomic E-state index is 14.5. The molecule has 4 rings (SSSR count). The predicted molar refractivity (Wildman–Crippen MR) is 107 cm³/mol. The minimum atomic E-state index is -3.56. The third-order valence-electron chi connectivity index (χ3n) is 6.69. The normalized spacial score (nSPS) is 28.9. The Kier molecular flexibility index (Phi) is 6.26. The average molecular weight is 453 g/mol. The van der Waals surface area contributed by atoms with Gasteiger partial charge >= 0.3 is 5.92 Å². The first-order valence-corrected chi connectivity index (χ1v) is 10.9. The Labute approximate surface area is 183 Å². The molecule has 0 bridgehead atoms. The molecule has 2 unspecified atom stereocenters. The molecular formula is C22H26F3N3O4. The molecule has 2 aliphatic heterocycles. The van der Waals surface area contributed by atoms with Crippen molar-refractivity contribution in [2.75, 3.05) is 0 Å². The summed E-state index contributed by atoms with van der Waals surface area (Å²) in [5, 5.41) is 15.2. The van der Waals surface area contributed by atoms with E-state index in [2.05, 4.69) is 10.6 Å². The molecule has 1 aromatic carbocycles. The number of nitrogens with zero attached hydrogens (tertiary/aromatic N) is 1. The Balaban J connectivity index is 1.38. The van der Waals surface area contributed by atoms with E-state index in [0.717, 1.165) is 5.56 Å². The van der Waals surface area contributed by atoms with Gasteiger partial charge in [0.1, 0.15) is 12.4 Å². The second kappa shape index (κ2) is 8.82. The number of hydrogen-bond acceptors (Lipinski definition) is 5. The highest BCUT2D eigenvalue weighted by Crippen LogP contribution is 2.38. The highest BCUT2D eigenvalue weighted by Gasteiger charge is 2.48. The molecule has 1 saturated heterocycles. The molecule has 3 N–H and O–H groups in total. The van der Waals surface area contributed by atoms with E-state index in [-0.39, 0.29) is 51.1 Å². The standard InChI is InChI=1S/C22H26F3N3O4/c23-15-4-2-14(3-5-15)22(24,25)21(32)26-10-12-1-6-16-13(9-12)11-28(20(16)31)17-7-8-18(29)27-19(17)30/h1,6,9,14-15,17,20,31H,2-5,7-8,10-11H2,(H,26,32)(H,27,29,30). The third-order valence-corrected chi connectivity index (χ3v) is 6.69. The Morgan fingerprint density at radius 2 is 1.91 bits per heavy atom. The fraction of sp³-hybridized carbons (Fsp3) is 0.591. The Hall–Kier alpha value is -2.46. The number of nitrogens with one attached hydrogen (secondary N) is 2. The van der Waals surface area contributed by atoms with Gasteiger partial charge in [0.25, 0.3) is 5.91 Å². The smallest absolute Gasteiger partial charge is 0.327 e.